The predicted octanol–water partition coefficient (Wildman–Crippen LogP) is 7.65. The van der Waals surface area contributed by atoms with Crippen molar-refractivity contribution in [2.45, 2.75) is 51.3 Å². The van der Waals surface area contributed by atoms with Crippen LogP contribution in [0.15, 0.2) is 82.4 Å². The van der Waals surface area contributed by atoms with Crippen LogP contribution in [0.3, 0.4) is 0 Å². The van der Waals surface area contributed by atoms with Crippen molar-refractivity contribution in [2.75, 3.05) is 6.61 Å². The first-order valence-electron chi connectivity index (χ1n) is 11.8. The van der Waals surface area contributed by atoms with Gasteiger partial charge >= 0.3 is 0 Å². The quantitative estimate of drug-likeness (QED) is 0.295. The van der Waals surface area contributed by atoms with E-state index < -0.39 is 0 Å². The summed E-state index contributed by atoms with van der Waals surface area (Å²) in [6.45, 7) is 2.99. The molecule has 3 aromatic carbocycles. The standard InChI is InChI=1S/C28H29BrN2O2/c1-2-3-4-8-17-32-23-14-11-21(12-15-23)28-31-26(24-18-22(29)13-16-27(24)33-28)19-25(30-31)20-9-6-5-7-10-20/h5-7,9-16,18,26,28H,2-4,8,17,19H2,1H3/t26-,28-/m1/s1. The summed E-state index contributed by atoms with van der Waals surface area (Å²) >= 11 is 3.62. The lowest BCUT2D eigenvalue weighted by Gasteiger charge is -2.38. The molecule has 0 aliphatic carbocycles. The van der Waals surface area contributed by atoms with Gasteiger partial charge in [0, 0.05) is 22.0 Å². The number of nitrogens with zero attached hydrogens (tertiary/aromatic N) is 2. The molecule has 2 atom stereocenters. The van der Waals surface area contributed by atoms with Gasteiger partial charge in [0.1, 0.15) is 11.5 Å². The van der Waals surface area contributed by atoms with E-state index in [-0.39, 0.29) is 12.3 Å². The Balaban J connectivity index is 1.39. The maximum atomic E-state index is 6.49. The highest BCUT2D eigenvalue weighted by atomic mass is 79.9. The summed E-state index contributed by atoms with van der Waals surface area (Å²) in [5.41, 5.74) is 4.50. The maximum absolute atomic E-state index is 6.49. The van der Waals surface area contributed by atoms with Crippen LogP contribution < -0.4 is 9.47 Å². The van der Waals surface area contributed by atoms with Crippen LogP contribution in [0.2, 0.25) is 0 Å². The zero-order valence-corrected chi connectivity index (χ0v) is 20.5. The van der Waals surface area contributed by atoms with Crippen molar-refractivity contribution in [1.82, 2.24) is 5.01 Å². The largest absolute Gasteiger partial charge is 0.494 e. The minimum atomic E-state index is -0.275. The van der Waals surface area contributed by atoms with E-state index in [4.69, 9.17) is 14.6 Å². The number of fused-ring (bicyclic) bond motifs is 3. The fraction of sp³-hybridized carbons (Fsp3) is 0.321. The maximum Gasteiger partial charge on any atom is 0.213 e. The van der Waals surface area contributed by atoms with Gasteiger partial charge in [0.05, 0.1) is 18.4 Å². The molecule has 0 spiro atoms. The smallest absolute Gasteiger partial charge is 0.213 e. The Bertz CT molecular complexity index is 1110. The topological polar surface area (TPSA) is 34.1 Å². The Morgan fingerprint density at radius 2 is 1.82 bits per heavy atom. The van der Waals surface area contributed by atoms with Crippen molar-refractivity contribution in [3.63, 3.8) is 0 Å². The minimum Gasteiger partial charge on any atom is -0.494 e. The number of halogens is 1. The molecule has 2 aliphatic heterocycles. The lowest BCUT2D eigenvalue weighted by atomic mass is 9.96. The molecule has 0 aromatic heterocycles. The number of rotatable bonds is 8. The summed E-state index contributed by atoms with van der Waals surface area (Å²) in [5, 5.41) is 7.17. The molecule has 2 aliphatic rings. The Labute approximate surface area is 204 Å². The molecule has 4 nitrogen and oxygen atoms in total. The van der Waals surface area contributed by atoms with E-state index in [0.29, 0.717) is 0 Å². The van der Waals surface area contributed by atoms with Gasteiger partial charge in [0.15, 0.2) is 0 Å². The molecule has 0 saturated heterocycles. The molecule has 0 bridgehead atoms. The molecular weight excluding hydrogens is 476 g/mol. The summed E-state index contributed by atoms with van der Waals surface area (Å²) < 4.78 is 13.5. The molecule has 0 fully saturated rings. The van der Waals surface area contributed by atoms with E-state index in [1.807, 2.05) is 24.3 Å². The molecule has 3 aromatic rings. The number of unbranched alkanes of at least 4 members (excludes halogenated alkanes) is 3. The summed E-state index contributed by atoms with van der Waals surface area (Å²) in [5.74, 6) is 1.83. The lowest BCUT2D eigenvalue weighted by molar-refractivity contribution is -0.0191. The molecule has 0 N–H and O–H groups in total. The van der Waals surface area contributed by atoms with E-state index in [1.54, 1.807) is 0 Å². The zero-order valence-electron chi connectivity index (χ0n) is 18.9. The van der Waals surface area contributed by atoms with Crippen molar-refractivity contribution < 1.29 is 9.47 Å². The Morgan fingerprint density at radius 1 is 1.00 bits per heavy atom. The monoisotopic (exact) mass is 504 g/mol. The van der Waals surface area contributed by atoms with Crippen LogP contribution in [0.25, 0.3) is 0 Å². The first kappa shape index (κ1) is 22.0. The van der Waals surface area contributed by atoms with Crippen LogP contribution in [0.1, 0.15) is 68.0 Å². The van der Waals surface area contributed by atoms with E-state index in [1.165, 1.54) is 24.8 Å². The van der Waals surface area contributed by atoms with Gasteiger partial charge in [0.25, 0.3) is 0 Å². The van der Waals surface area contributed by atoms with E-state index in [2.05, 4.69) is 76.4 Å². The third-order valence-corrected chi connectivity index (χ3v) is 6.78. The second-order valence-corrected chi connectivity index (χ2v) is 9.56. The Morgan fingerprint density at radius 3 is 2.61 bits per heavy atom. The lowest BCUT2D eigenvalue weighted by Crippen LogP contribution is -2.33. The summed E-state index contributed by atoms with van der Waals surface area (Å²) in [6.07, 6.45) is 5.40. The van der Waals surface area contributed by atoms with E-state index >= 15 is 0 Å². The summed E-state index contributed by atoms with van der Waals surface area (Å²) in [6, 6.07) is 25.1. The SMILES string of the molecule is CCCCCCOc1ccc([C@H]2Oc3ccc(Br)cc3[C@H]3CC(c4ccccc4)=NN32)cc1. The zero-order chi connectivity index (χ0) is 22.6. The molecular formula is C28H29BrN2O2. The molecule has 0 amide bonds. The predicted molar refractivity (Wildman–Crippen MR) is 136 cm³/mol. The summed E-state index contributed by atoms with van der Waals surface area (Å²) in [4.78, 5) is 0. The normalized spacial score (nSPS) is 18.8. The van der Waals surface area contributed by atoms with Gasteiger partial charge < -0.3 is 9.47 Å². The van der Waals surface area contributed by atoms with E-state index in [9.17, 15) is 0 Å². The highest BCUT2D eigenvalue weighted by Crippen LogP contribution is 2.48. The van der Waals surface area contributed by atoms with Gasteiger partial charge in [0.2, 0.25) is 6.23 Å². The van der Waals surface area contributed by atoms with Crippen molar-refractivity contribution in [2.24, 2.45) is 5.10 Å². The van der Waals surface area contributed by atoms with Gasteiger partial charge in [-0.2, -0.15) is 5.10 Å². The average molecular weight is 505 g/mol. The van der Waals surface area contributed by atoms with Crippen molar-refractivity contribution in [3.05, 3.63) is 94.0 Å². The minimum absolute atomic E-state index is 0.140. The number of ether oxygens (including phenoxy) is 2. The Kier molecular flexibility index (Phi) is 6.68. The molecule has 0 radical (unpaired) electrons. The van der Waals surface area contributed by atoms with Gasteiger partial charge in [-0.25, -0.2) is 5.01 Å². The number of hydrazone groups is 1. The molecule has 5 heteroatoms. The second-order valence-electron chi connectivity index (χ2n) is 8.64. The number of hydrogen-bond acceptors (Lipinski definition) is 4. The van der Waals surface area contributed by atoms with Crippen molar-refractivity contribution >= 4 is 21.6 Å². The van der Waals surface area contributed by atoms with Crippen LogP contribution in [-0.2, 0) is 0 Å². The van der Waals surface area contributed by atoms with E-state index in [0.717, 1.165) is 52.3 Å². The highest BCUT2D eigenvalue weighted by Gasteiger charge is 2.41. The van der Waals surface area contributed by atoms with Gasteiger partial charge in [-0.05, 0) is 54.4 Å². The highest BCUT2D eigenvalue weighted by molar-refractivity contribution is 9.10. The number of benzene rings is 3. The molecule has 2 heterocycles. The first-order valence-corrected chi connectivity index (χ1v) is 12.6. The first-order chi connectivity index (χ1) is 16.2. The van der Waals surface area contributed by atoms with Crippen molar-refractivity contribution in [1.29, 1.82) is 0 Å². The van der Waals surface area contributed by atoms with Crippen LogP contribution in [0.4, 0.5) is 0 Å². The fourth-order valence-electron chi connectivity index (χ4n) is 4.53. The van der Waals surface area contributed by atoms with Gasteiger partial charge in [-0.3, -0.25) is 0 Å². The third-order valence-electron chi connectivity index (χ3n) is 6.29. The fourth-order valence-corrected chi connectivity index (χ4v) is 4.91. The third kappa shape index (κ3) is 4.79. The van der Waals surface area contributed by atoms with Crippen LogP contribution in [0.5, 0.6) is 11.5 Å². The van der Waals surface area contributed by atoms with Crippen LogP contribution in [-0.4, -0.2) is 17.3 Å². The molecule has 5 rings (SSSR count). The molecule has 170 valence electrons. The van der Waals surface area contributed by atoms with Gasteiger partial charge in [-0.15, -0.1) is 0 Å². The van der Waals surface area contributed by atoms with Crippen LogP contribution >= 0.6 is 15.9 Å². The van der Waals surface area contributed by atoms with Crippen molar-refractivity contribution in [3.8, 4) is 11.5 Å². The molecule has 33 heavy (non-hydrogen) atoms. The van der Waals surface area contributed by atoms with Crippen LogP contribution in [0, 0.1) is 0 Å². The second kappa shape index (κ2) is 10.0. The Hall–Kier alpha value is -2.79. The van der Waals surface area contributed by atoms with Gasteiger partial charge in [-0.1, -0.05) is 72.4 Å². The number of hydrogen-bond donors (Lipinski definition) is 0. The summed E-state index contributed by atoms with van der Waals surface area (Å²) in [7, 11) is 0. The molecule has 0 unspecified atom stereocenters. The average Bonchev–Trinajstić information content (AvgIpc) is 3.31. The molecule has 0 saturated carbocycles.